The summed E-state index contributed by atoms with van der Waals surface area (Å²) in [7, 11) is 0. The van der Waals surface area contributed by atoms with E-state index in [1.807, 2.05) is 33.8 Å². The molecule has 0 spiro atoms. The van der Waals surface area contributed by atoms with Crippen LogP contribution in [0.5, 0.6) is 0 Å². The van der Waals surface area contributed by atoms with Crippen LogP contribution < -0.4 is 0 Å². The number of aliphatic hydroxyl groups is 1. The monoisotopic (exact) mass is 584 g/mol. The van der Waals surface area contributed by atoms with E-state index >= 15 is 0 Å². The van der Waals surface area contributed by atoms with Crippen LogP contribution in [0, 0.1) is 51.2 Å². The van der Waals surface area contributed by atoms with Crippen molar-refractivity contribution in [1.29, 1.82) is 0 Å². The van der Waals surface area contributed by atoms with Crippen molar-refractivity contribution >= 4 is 11.8 Å². The zero-order valence-corrected chi connectivity index (χ0v) is 26.9. The smallest absolute Gasteiger partial charge is 0.422 e. The third-order valence-corrected chi connectivity index (χ3v) is 12.1. The first-order chi connectivity index (χ1) is 19.0. The highest BCUT2D eigenvalue weighted by molar-refractivity contribution is 5.95. The molecule has 4 fully saturated rings. The summed E-state index contributed by atoms with van der Waals surface area (Å²) >= 11 is 0. The average Bonchev–Trinajstić information content (AvgIpc) is 2.90. The normalized spacial score (nSPS) is 42.8. The van der Waals surface area contributed by atoms with Gasteiger partial charge in [-0.1, -0.05) is 67.9 Å². The van der Waals surface area contributed by atoms with Crippen molar-refractivity contribution in [3.8, 4) is 0 Å². The molecule has 9 atom stereocenters. The molecule has 236 valence electrons. The molecule has 41 heavy (non-hydrogen) atoms. The molecule has 5 aliphatic carbocycles. The number of hydrogen-bond donors (Lipinski definition) is 1. The van der Waals surface area contributed by atoms with E-state index < -0.39 is 24.7 Å². The third-order valence-electron chi connectivity index (χ3n) is 12.1. The summed E-state index contributed by atoms with van der Waals surface area (Å²) in [5.41, 5.74) is 0.493. The largest absolute Gasteiger partial charge is 0.456 e. The predicted molar refractivity (Wildman–Crippen MR) is 156 cm³/mol. The summed E-state index contributed by atoms with van der Waals surface area (Å²) in [6.07, 6.45) is 4.25. The first-order valence-corrected chi connectivity index (χ1v) is 16.2. The van der Waals surface area contributed by atoms with Crippen molar-refractivity contribution in [2.75, 3.05) is 6.61 Å². The van der Waals surface area contributed by atoms with Gasteiger partial charge in [-0.25, -0.2) is 0 Å². The number of alkyl halides is 3. The first kappa shape index (κ1) is 34.1. The Labute approximate surface area is 246 Å². The number of aliphatic hydroxyl groups excluding tert-OH is 1. The van der Waals surface area contributed by atoms with E-state index in [0.29, 0.717) is 19.3 Å². The Morgan fingerprint density at radius 1 is 0.902 bits per heavy atom. The van der Waals surface area contributed by atoms with Crippen LogP contribution in [0.4, 0.5) is 13.2 Å². The average molecular weight is 585 g/mol. The van der Waals surface area contributed by atoms with Gasteiger partial charge in [0.05, 0.1) is 12.0 Å². The van der Waals surface area contributed by atoms with E-state index in [4.69, 9.17) is 0 Å². The minimum absolute atomic E-state index is 0.0142. The standard InChI is InChI=1S/C30H43F3O4.2C2H6/c1-26(2)22-8-12-28(4)19-7-11-27(3)10-6-17(25(36)37-16-30(31,32)33)14-20(27)18(19)15-21(34)24(28)29(22,5)13-9-23(26)35;2*1-2/h15,17,19-20,22-24,35H,6-14,16H2,1-5H3;2*1-2H3. The van der Waals surface area contributed by atoms with Gasteiger partial charge in [0.2, 0.25) is 0 Å². The van der Waals surface area contributed by atoms with Gasteiger partial charge in [-0.05, 0) is 103 Å². The summed E-state index contributed by atoms with van der Waals surface area (Å²) in [5, 5.41) is 10.8. The number of carbonyl (C=O) groups is 2. The van der Waals surface area contributed by atoms with Gasteiger partial charge in [-0.15, -0.1) is 0 Å². The van der Waals surface area contributed by atoms with Gasteiger partial charge in [0.15, 0.2) is 12.4 Å². The highest BCUT2D eigenvalue weighted by Crippen LogP contribution is 2.70. The number of hydrogen-bond acceptors (Lipinski definition) is 4. The van der Waals surface area contributed by atoms with Gasteiger partial charge < -0.3 is 9.84 Å². The molecular weight excluding hydrogens is 529 g/mol. The number of allylic oxidation sites excluding steroid dienone is 2. The molecule has 0 aromatic rings. The molecule has 1 N–H and O–H groups in total. The lowest BCUT2D eigenvalue weighted by atomic mass is 9.37. The van der Waals surface area contributed by atoms with Crippen molar-refractivity contribution in [1.82, 2.24) is 0 Å². The van der Waals surface area contributed by atoms with Gasteiger partial charge in [0.25, 0.3) is 0 Å². The maximum absolute atomic E-state index is 14.1. The molecule has 0 bridgehead atoms. The van der Waals surface area contributed by atoms with Crippen LogP contribution >= 0.6 is 0 Å². The fourth-order valence-electron chi connectivity index (χ4n) is 10.2. The molecule has 0 amide bonds. The van der Waals surface area contributed by atoms with Crippen molar-refractivity contribution in [3.63, 3.8) is 0 Å². The second-order valence-electron chi connectivity index (χ2n) is 14.5. The fourth-order valence-corrected chi connectivity index (χ4v) is 10.2. The highest BCUT2D eigenvalue weighted by Gasteiger charge is 2.66. The Balaban J connectivity index is 0.00000111. The number of fused-ring (bicyclic) bond motifs is 7. The molecule has 9 unspecified atom stereocenters. The molecule has 0 heterocycles. The number of rotatable bonds is 2. The Kier molecular flexibility index (Phi) is 9.95. The minimum atomic E-state index is -4.53. The first-order valence-electron chi connectivity index (χ1n) is 16.2. The van der Waals surface area contributed by atoms with Crippen LogP contribution in [0.1, 0.15) is 120 Å². The molecule has 0 aromatic carbocycles. The van der Waals surface area contributed by atoms with Crippen LogP contribution in [0.25, 0.3) is 0 Å². The van der Waals surface area contributed by atoms with Crippen LogP contribution in [0.2, 0.25) is 0 Å². The molecule has 0 saturated heterocycles. The minimum Gasteiger partial charge on any atom is -0.456 e. The zero-order chi connectivity index (χ0) is 31.2. The predicted octanol–water partition coefficient (Wildman–Crippen LogP) is 8.71. The van der Waals surface area contributed by atoms with Crippen LogP contribution in [-0.2, 0) is 14.3 Å². The van der Waals surface area contributed by atoms with Gasteiger partial charge in [-0.3, -0.25) is 9.59 Å². The van der Waals surface area contributed by atoms with E-state index in [2.05, 4.69) is 39.4 Å². The van der Waals surface area contributed by atoms with Crippen LogP contribution in [0.15, 0.2) is 11.6 Å². The van der Waals surface area contributed by atoms with Crippen molar-refractivity contribution in [2.45, 2.75) is 132 Å². The van der Waals surface area contributed by atoms with Crippen molar-refractivity contribution < 1.29 is 32.6 Å². The zero-order valence-electron chi connectivity index (χ0n) is 26.9. The molecule has 5 rings (SSSR count). The fraction of sp³-hybridized carbons (Fsp3) is 0.882. The molecule has 0 aliphatic heterocycles. The molecular formula is C34H55F3O4. The van der Waals surface area contributed by atoms with E-state index in [0.717, 1.165) is 44.1 Å². The Morgan fingerprint density at radius 2 is 1.49 bits per heavy atom. The van der Waals surface area contributed by atoms with Gasteiger partial charge in [-0.2, -0.15) is 13.2 Å². The third kappa shape index (κ3) is 5.79. The number of carbonyl (C=O) groups excluding carboxylic acids is 2. The second-order valence-corrected chi connectivity index (χ2v) is 14.5. The lowest BCUT2D eigenvalue weighted by Crippen LogP contribution is -2.63. The molecule has 7 heteroatoms. The Hall–Kier alpha value is -1.37. The van der Waals surface area contributed by atoms with Crippen molar-refractivity contribution in [2.24, 2.45) is 51.2 Å². The lowest BCUT2D eigenvalue weighted by molar-refractivity contribution is -0.192. The number of esters is 1. The van der Waals surface area contributed by atoms with Crippen LogP contribution in [0.3, 0.4) is 0 Å². The summed E-state index contributed by atoms with van der Waals surface area (Å²) < 4.78 is 42.6. The summed E-state index contributed by atoms with van der Waals surface area (Å²) in [4.78, 5) is 26.7. The molecule has 4 nitrogen and oxygen atoms in total. The maximum atomic E-state index is 14.1. The molecule has 0 aromatic heterocycles. The van der Waals surface area contributed by atoms with E-state index in [9.17, 15) is 27.9 Å². The maximum Gasteiger partial charge on any atom is 0.422 e. The Bertz CT molecular complexity index is 1000. The van der Waals surface area contributed by atoms with E-state index in [-0.39, 0.29) is 57.2 Å². The topological polar surface area (TPSA) is 63.6 Å². The summed E-state index contributed by atoms with van der Waals surface area (Å²) in [5.74, 6) is -0.707. The SMILES string of the molecule is CC.CC.CC12CCC(C(=O)OCC(F)(F)F)CC1C1=CC(=O)C3C(C)(CCC4C(C)(C)C(O)CCC43C)C1CC2. The van der Waals surface area contributed by atoms with Gasteiger partial charge >= 0.3 is 12.1 Å². The summed E-state index contributed by atoms with van der Waals surface area (Å²) in [6, 6.07) is 0. The van der Waals surface area contributed by atoms with Crippen LogP contribution in [-0.4, -0.2) is 35.7 Å². The Morgan fingerprint density at radius 3 is 2.10 bits per heavy atom. The molecule has 5 aliphatic rings. The lowest BCUT2D eigenvalue weighted by Gasteiger charge is -2.67. The quantitative estimate of drug-likeness (QED) is 0.330. The molecule has 4 saturated carbocycles. The van der Waals surface area contributed by atoms with E-state index in [1.54, 1.807) is 0 Å². The molecule has 0 radical (unpaired) electrons. The highest BCUT2D eigenvalue weighted by atomic mass is 19.4. The van der Waals surface area contributed by atoms with E-state index in [1.165, 1.54) is 0 Å². The second kappa shape index (κ2) is 12.0. The van der Waals surface area contributed by atoms with Crippen molar-refractivity contribution in [3.05, 3.63) is 11.6 Å². The number of halogens is 3. The summed E-state index contributed by atoms with van der Waals surface area (Å²) in [6.45, 7) is 17.6. The van der Waals surface area contributed by atoms with Gasteiger partial charge in [0.1, 0.15) is 0 Å². The number of ketones is 1. The number of ether oxygens (including phenoxy) is 1. The van der Waals surface area contributed by atoms with Gasteiger partial charge in [0, 0.05) is 5.92 Å².